The fourth-order valence-electron chi connectivity index (χ4n) is 0.248. The number of hydrogen-bond acceptors (Lipinski definition) is 0. The van der Waals surface area contributed by atoms with E-state index >= 15 is 0 Å². The molecule has 0 N–H and O–H groups in total. The third-order valence-electron chi connectivity index (χ3n) is 0.455. The molecule has 0 saturated carbocycles. The van der Waals surface area contributed by atoms with Crippen LogP contribution in [0.25, 0.3) is 0 Å². The minimum atomic E-state index is 0. The molecule has 1 aromatic heterocycles. The molecule has 0 spiro atoms. The third kappa shape index (κ3) is 1.34. The topological polar surface area (TPSA) is 14.1 Å². The minimum absolute atomic E-state index is 0. The fourth-order valence-corrected chi connectivity index (χ4v) is 0.248. The fraction of sp³-hybridized carbons (Fsp3) is 0. The molecule has 0 fully saturated rings. The van der Waals surface area contributed by atoms with Gasteiger partial charge in [0.25, 0.3) is 0 Å². The van der Waals surface area contributed by atoms with Crippen LogP contribution >= 0.6 is 0 Å². The summed E-state index contributed by atoms with van der Waals surface area (Å²) in [4.78, 5) is 3.72. The van der Waals surface area contributed by atoms with E-state index in [0.29, 0.717) is 0 Å². The summed E-state index contributed by atoms with van der Waals surface area (Å²) in [6.07, 6.45) is 3.50. The van der Waals surface area contributed by atoms with E-state index in [1.165, 1.54) is 0 Å². The average molecular weight is 117 g/mol. The normalized spacial score (nSPS) is 6.67. The summed E-state index contributed by atoms with van der Waals surface area (Å²) in [6.45, 7) is 0. The molecule has 0 unspecified atom stereocenters. The Labute approximate surface area is 48.6 Å². The summed E-state index contributed by atoms with van der Waals surface area (Å²) in [5.74, 6) is 0. The van der Waals surface area contributed by atoms with E-state index in [1.807, 2.05) is 12.1 Å². The Morgan fingerprint density at radius 3 is 1.67 bits per heavy atom. The van der Waals surface area contributed by atoms with Crippen LogP contribution in [-0.4, -0.2) is 0 Å². The quantitative estimate of drug-likeness (QED) is 0.486. The van der Waals surface area contributed by atoms with Crippen molar-refractivity contribution in [3.63, 3.8) is 0 Å². The van der Waals surface area contributed by atoms with E-state index in [2.05, 4.69) is 4.98 Å². The third-order valence-corrected chi connectivity index (χ3v) is 0.455. The van der Waals surface area contributed by atoms with Crippen LogP contribution in [0.1, 0.15) is 0 Å². The van der Waals surface area contributed by atoms with Crippen molar-refractivity contribution in [2.24, 2.45) is 0 Å². The van der Waals surface area contributed by atoms with Crippen LogP contribution in [0.5, 0.6) is 0 Å². The molecule has 31 valence electrons. The van der Waals surface area contributed by atoms with Gasteiger partial charge < -0.3 is 4.98 Å². The van der Waals surface area contributed by atoms with E-state index in [0.717, 1.165) is 0 Å². The zero-order valence-electron chi connectivity index (χ0n) is 3.20. The van der Waals surface area contributed by atoms with Crippen molar-refractivity contribution < 1.29 is 18.6 Å². The second-order valence-electron chi connectivity index (χ2n) is 0.832. The van der Waals surface area contributed by atoms with Crippen molar-refractivity contribution in [2.75, 3.05) is 0 Å². The number of hydrogen-bond donors (Lipinski definition) is 0. The van der Waals surface area contributed by atoms with Gasteiger partial charge in [-0.05, 0) is 0 Å². The standard InChI is InChI=1S/C4H4N.V/c1-2-4-5-3-1;/h1-4H;/q-1;. The molecule has 6 heavy (non-hydrogen) atoms. The first kappa shape index (κ1) is 5.86. The summed E-state index contributed by atoms with van der Waals surface area (Å²) in [7, 11) is 0. The van der Waals surface area contributed by atoms with Crippen LogP contribution < -0.4 is 4.98 Å². The van der Waals surface area contributed by atoms with Crippen LogP contribution in [0.4, 0.5) is 0 Å². The van der Waals surface area contributed by atoms with E-state index in [4.69, 9.17) is 0 Å². The van der Waals surface area contributed by atoms with Crippen LogP contribution in [0, 0.1) is 0 Å². The molecule has 1 radical (unpaired) electrons. The Bertz CT molecular complexity index is 64.0. The number of aromatic nitrogens is 1. The van der Waals surface area contributed by atoms with Crippen molar-refractivity contribution in [3.8, 4) is 0 Å². The Morgan fingerprint density at radius 2 is 1.50 bits per heavy atom. The van der Waals surface area contributed by atoms with Gasteiger partial charge in [-0.3, -0.25) is 0 Å². The van der Waals surface area contributed by atoms with Gasteiger partial charge in [0.05, 0.1) is 0 Å². The molecule has 1 rings (SSSR count). The van der Waals surface area contributed by atoms with Crippen molar-refractivity contribution in [3.05, 3.63) is 24.5 Å². The Balaban J connectivity index is 0.000000250. The van der Waals surface area contributed by atoms with Gasteiger partial charge in [-0.1, -0.05) is 12.1 Å². The Hall–Kier alpha value is -0.136. The maximum absolute atomic E-state index is 3.72. The predicted molar refractivity (Wildman–Crippen MR) is 19.8 cm³/mol. The molecule has 1 heterocycles. The molecule has 0 saturated heterocycles. The molecule has 0 bridgehead atoms. The van der Waals surface area contributed by atoms with Crippen LogP contribution in [-0.2, 0) is 18.6 Å². The maximum atomic E-state index is 3.72. The molecule has 2 heteroatoms. The second-order valence-corrected chi connectivity index (χ2v) is 0.832. The van der Waals surface area contributed by atoms with Crippen LogP contribution in [0.3, 0.4) is 0 Å². The second kappa shape index (κ2) is 3.07. The van der Waals surface area contributed by atoms with Gasteiger partial charge in [0, 0.05) is 18.6 Å². The van der Waals surface area contributed by atoms with Crippen LogP contribution in [0.2, 0.25) is 0 Å². The van der Waals surface area contributed by atoms with Gasteiger partial charge >= 0.3 is 0 Å². The zero-order valence-corrected chi connectivity index (χ0v) is 4.60. The largest absolute Gasteiger partial charge is 0.670 e. The molecule has 1 aromatic rings. The van der Waals surface area contributed by atoms with Gasteiger partial charge in [0.2, 0.25) is 0 Å². The smallest absolute Gasteiger partial charge is 0 e. The van der Waals surface area contributed by atoms with Gasteiger partial charge in [-0.15, -0.1) is 0 Å². The molecule has 0 aromatic carbocycles. The monoisotopic (exact) mass is 117 g/mol. The van der Waals surface area contributed by atoms with Crippen molar-refractivity contribution in [1.82, 2.24) is 4.98 Å². The molecular weight excluding hydrogens is 113 g/mol. The van der Waals surface area contributed by atoms with E-state index in [1.54, 1.807) is 12.4 Å². The summed E-state index contributed by atoms with van der Waals surface area (Å²) in [5.41, 5.74) is 0. The molecule has 0 amide bonds. The van der Waals surface area contributed by atoms with Crippen molar-refractivity contribution >= 4 is 0 Å². The van der Waals surface area contributed by atoms with Gasteiger partial charge in [-0.25, -0.2) is 0 Å². The predicted octanol–water partition coefficient (Wildman–Crippen LogP) is 0.641. The number of rotatable bonds is 0. The van der Waals surface area contributed by atoms with E-state index in [-0.39, 0.29) is 18.6 Å². The van der Waals surface area contributed by atoms with Gasteiger partial charge in [0.15, 0.2) is 0 Å². The summed E-state index contributed by atoms with van der Waals surface area (Å²) in [5, 5.41) is 0. The van der Waals surface area contributed by atoms with Crippen molar-refractivity contribution in [2.45, 2.75) is 0 Å². The Kier molecular flexibility index (Phi) is 3.00. The first-order chi connectivity index (χ1) is 2.50. The van der Waals surface area contributed by atoms with Gasteiger partial charge in [-0.2, -0.15) is 12.4 Å². The maximum Gasteiger partial charge on any atom is 0 e. The first-order valence-electron chi connectivity index (χ1n) is 1.52. The molecular formula is C4H4NV-. The van der Waals surface area contributed by atoms with Crippen LogP contribution in [0.15, 0.2) is 24.5 Å². The summed E-state index contributed by atoms with van der Waals surface area (Å²) < 4.78 is 0. The molecule has 0 atom stereocenters. The van der Waals surface area contributed by atoms with Crippen molar-refractivity contribution in [1.29, 1.82) is 0 Å². The first-order valence-corrected chi connectivity index (χ1v) is 1.52. The Morgan fingerprint density at radius 1 is 1.00 bits per heavy atom. The summed E-state index contributed by atoms with van der Waals surface area (Å²) in [6, 6.07) is 3.78. The molecule has 0 aliphatic carbocycles. The molecule has 0 aliphatic rings. The molecule has 0 aliphatic heterocycles. The van der Waals surface area contributed by atoms with E-state index < -0.39 is 0 Å². The minimum Gasteiger partial charge on any atom is -0.670 e. The molecule has 1 nitrogen and oxygen atoms in total. The van der Waals surface area contributed by atoms with Gasteiger partial charge in [0.1, 0.15) is 0 Å². The number of nitrogens with zero attached hydrogens (tertiary/aromatic N) is 1. The summed E-state index contributed by atoms with van der Waals surface area (Å²) >= 11 is 0. The average Bonchev–Trinajstić information content (AvgIpc) is 1.76. The van der Waals surface area contributed by atoms with E-state index in [9.17, 15) is 0 Å². The SMILES string of the molecule is [V].c1cc[n-]c1. The zero-order chi connectivity index (χ0) is 3.54.